The molecule has 0 unspecified atom stereocenters. The van der Waals surface area contributed by atoms with Gasteiger partial charge in [-0.05, 0) is 31.1 Å². The number of aliphatic carboxylic acids is 1. The number of nitrogens with one attached hydrogen (secondary N) is 1. The lowest BCUT2D eigenvalue weighted by atomic mass is 9.75. The smallest absolute Gasteiger partial charge is 0.328 e. The van der Waals surface area contributed by atoms with Crippen LogP contribution in [0.1, 0.15) is 39.5 Å². The van der Waals surface area contributed by atoms with Gasteiger partial charge in [0, 0.05) is 13.1 Å². The summed E-state index contributed by atoms with van der Waals surface area (Å²) < 4.78 is 0. The number of carbonyl (C=O) groups excluding carboxylic acids is 1. The molecule has 1 rings (SSSR count). The average molecular weight is 272 g/mol. The number of nitrogens with zero attached hydrogens (tertiary/aromatic N) is 1. The summed E-state index contributed by atoms with van der Waals surface area (Å²) in [6, 6.07) is -1.54. The van der Waals surface area contributed by atoms with Crippen molar-refractivity contribution in [3.8, 4) is 0 Å². The Morgan fingerprint density at radius 2 is 1.89 bits per heavy atom. The van der Waals surface area contributed by atoms with Crippen LogP contribution in [0.4, 0.5) is 4.79 Å². The quantitative estimate of drug-likeness (QED) is 0.713. The summed E-state index contributed by atoms with van der Waals surface area (Å²) in [6.45, 7) is 3.83. The van der Waals surface area contributed by atoms with Gasteiger partial charge in [-0.25, -0.2) is 9.59 Å². The van der Waals surface area contributed by atoms with Crippen molar-refractivity contribution >= 4 is 12.0 Å². The largest absolute Gasteiger partial charge is 0.480 e. The van der Waals surface area contributed by atoms with E-state index in [9.17, 15) is 9.59 Å². The van der Waals surface area contributed by atoms with Crippen molar-refractivity contribution in [2.75, 3.05) is 13.7 Å². The molecular weight excluding hydrogens is 248 g/mol. The number of aliphatic hydroxyl groups excluding tert-OH is 1. The maximum atomic E-state index is 11.9. The van der Waals surface area contributed by atoms with E-state index in [1.54, 1.807) is 11.9 Å². The van der Waals surface area contributed by atoms with Crippen LogP contribution < -0.4 is 5.32 Å². The van der Waals surface area contributed by atoms with Crippen LogP contribution in [-0.4, -0.2) is 52.9 Å². The summed E-state index contributed by atoms with van der Waals surface area (Å²) in [6.07, 6.45) is 3.96. The molecule has 1 saturated carbocycles. The third kappa shape index (κ3) is 4.38. The van der Waals surface area contributed by atoms with Crippen LogP contribution in [0.15, 0.2) is 0 Å². The molecule has 0 aliphatic heterocycles. The molecule has 1 atom stereocenters. The van der Waals surface area contributed by atoms with Crippen LogP contribution in [0.2, 0.25) is 0 Å². The summed E-state index contributed by atoms with van der Waals surface area (Å²) >= 11 is 0. The van der Waals surface area contributed by atoms with Crippen molar-refractivity contribution in [2.24, 2.45) is 5.41 Å². The molecule has 0 aromatic carbocycles. The predicted octanol–water partition coefficient (Wildman–Crippen LogP) is 1.04. The maximum absolute atomic E-state index is 11.9. The van der Waals surface area contributed by atoms with Gasteiger partial charge >= 0.3 is 12.0 Å². The van der Waals surface area contributed by atoms with E-state index in [1.165, 1.54) is 0 Å². The van der Waals surface area contributed by atoms with Crippen LogP contribution >= 0.6 is 0 Å². The molecule has 2 amide bonds. The van der Waals surface area contributed by atoms with E-state index in [-0.39, 0.29) is 6.04 Å². The van der Waals surface area contributed by atoms with Crippen LogP contribution in [0.25, 0.3) is 0 Å². The third-order valence-electron chi connectivity index (χ3n) is 3.96. The Kier molecular flexibility index (Phi) is 5.17. The lowest BCUT2D eigenvalue weighted by Gasteiger charge is -2.38. The molecule has 0 heterocycles. The summed E-state index contributed by atoms with van der Waals surface area (Å²) in [5.41, 5.74) is 0.322. The molecule has 0 saturated heterocycles. The fraction of sp³-hybridized carbons (Fsp3) is 0.846. The molecule has 0 spiro atoms. The highest BCUT2D eigenvalue weighted by atomic mass is 16.4. The fourth-order valence-corrected chi connectivity index (χ4v) is 2.37. The SMILES string of the molecule is CN(C(=O)N[C@H](CO)C(=O)O)C1CCC(C)(C)CC1. The van der Waals surface area contributed by atoms with E-state index in [2.05, 4.69) is 19.2 Å². The normalized spacial score (nSPS) is 20.6. The Bertz CT molecular complexity index is 334. The molecular formula is C13H24N2O4. The highest BCUT2D eigenvalue weighted by Crippen LogP contribution is 2.36. The predicted molar refractivity (Wildman–Crippen MR) is 70.8 cm³/mol. The van der Waals surface area contributed by atoms with E-state index in [0.29, 0.717) is 5.41 Å². The lowest BCUT2D eigenvalue weighted by Crippen LogP contribution is -2.52. The number of urea groups is 1. The number of aliphatic hydroxyl groups is 1. The molecule has 6 heteroatoms. The van der Waals surface area contributed by atoms with E-state index in [4.69, 9.17) is 10.2 Å². The Balaban J connectivity index is 2.51. The van der Waals surface area contributed by atoms with Gasteiger partial charge in [-0.1, -0.05) is 13.8 Å². The molecule has 6 nitrogen and oxygen atoms in total. The van der Waals surface area contributed by atoms with Crippen molar-refractivity contribution < 1.29 is 19.8 Å². The van der Waals surface area contributed by atoms with E-state index < -0.39 is 24.6 Å². The van der Waals surface area contributed by atoms with Gasteiger partial charge in [-0.15, -0.1) is 0 Å². The number of amides is 2. The van der Waals surface area contributed by atoms with Crippen molar-refractivity contribution in [2.45, 2.75) is 51.6 Å². The van der Waals surface area contributed by atoms with Gasteiger partial charge < -0.3 is 20.4 Å². The Labute approximate surface area is 113 Å². The van der Waals surface area contributed by atoms with Gasteiger partial charge in [-0.2, -0.15) is 0 Å². The monoisotopic (exact) mass is 272 g/mol. The van der Waals surface area contributed by atoms with Crippen molar-refractivity contribution in [3.05, 3.63) is 0 Å². The second-order valence-corrected chi connectivity index (χ2v) is 6.03. The van der Waals surface area contributed by atoms with Crippen molar-refractivity contribution in [1.82, 2.24) is 10.2 Å². The molecule has 3 N–H and O–H groups in total. The first kappa shape index (κ1) is 15.8. The lowest BCUT2D eigenvalue weighted by molar-refractivity contribution is -0.140. The zero-order valence-electron chi connectivity index (χ0n) is 11.8. The summed E-state index contributed by atoms with van der Waals surface area (Å²) in [5.74, 6) is -1.23. The second kappa shape index (κ2) is 6.23. The fourth-order valence-electron chi connectivity index (χ4n) is 2.37. The average Bonchev–Trinajstić information content (AvgIpc) is 2.34. The summed E-state index contributed by atoms with van der Waals surface area (Å²) in [4.78, 5) is 24.2. The molecule has 110 valence electrons. The number of carboxylic acids is 1. The summed E-state index contributed by atoms with van der Waals surface area (Å²) in [7, 11) is 1.68. The van der Waals surface area contributed by atoms with Gasteiger partial charge in [0.25, 0.3) is 0 Å². The minimum atomic E-state index is -1.24. The number of carbonyl (C=O) groups is 2. The van der Waals surface area contributed by atoms with Crippen LogP contribution in [-0.2, 0) is 4.79 Å². The van der Waals surface area contributed by atoms with E-state index >= 15 is 0 Å². The Morgan fingerprint density at radius 3 is 2.32 bits per heavy atom. The van der Waals surface area contributed by atoms with Gasteiger partial charge in [0.15, 0.2) is 6.04 Å². The summed E-state index contributed by atoms with van der Waals surface area (Å²) in [5, 5.41) is 20.0. The molecule has 0 aromatic heterocycles. The number of hydrogen-bond acceptors (Lipinski definition) is 3. The molecule has 0 aromatic rings. The Morgan fingerprint density at radius 1 is 1.37 bits per heavy atom. The molecule has 1 aliphatic carbocycles. The van der Waals surface area contributed by atoms with Crippen LogP contribution in [0, 0.1) is 5.41 Å². The number of hydrogen-bond donors (Lipinski definition) is 3. The van der Waals surface area contributed by atoms with Crippen LogP contribution in [0.3, 0.4) is 0 Å². The van der Waals surface area contributed by atoms with Gasteiger partial charge in [0.05, 0.1) is 6.61 Å². The van der Waals surface area contributed by atoms with Crippen LogP contribution in [0.5, 0.6) is 0 Å². The van der Waals surface area contributed by atoms with Gasteiger partial charge in [-0.3, -0.25) is 0 Å². The molecule has 1 fully saturated rings. The minimum Gasteiger partial charge on any atom is -0.480 e. The molecule has 1 aliphatic rings. The molecule has 19 heavy (non-hydrogen) atoms. The van der Waals surface area contributed by atoms with Crippen molar-refractivity contribution in [3.63, 3.8) is 0 Å². The maximum Gasteiger partial charge on any atom is 0.328 e. The topological polar surface area (TPSA) is 89.9 Å². The van der Waals surface area contributed by atoms with E-state index in [0.717, 1.165) is 25.7 Å². The number of carboxylic acid groups (broad SMARTS) is 1. The third-order valence-corrected chi connectivity index (χ3v) is 3.96. The van der Waals surface area contributed by atoms with Gasteiger partial charge in [0.2, 0.25) is 0 Å². The zero-order chi connectivity index (χ0) is 14.6. The second-order valence-electron chi connectivity index (χ2n) is 6.03. The zero-order valence-corrected chi connectivity index (χ0v) is 11.8. The minimum absolute atomic E-state index is 0.140. The first-order valence-electron chi connectivity index (χ1n) is 6.64. The number of rotatable bonds is 4. The van der Waals surface area contributed by atoms with Crippen molar-refractivity contribution in [1.29, 1.82) is 0 Å². The highest BCUT2D eigenvalue weighted by molar-refractivity contribution is 5.82. The molecule has 0 bridgehead atoms. The van der Waals surface area contributed by atoms with E-state index in [1.807, 2.05) is 0 Å². The highest BCUT2D eigenvalue weighted by Gasteiger charge is 2.31. The molecule has 0 radical (unpaired) electrons. The standard InChI is InChI=1S/C13H24N2O4/c1-13(2)6-4-9(5-7-13)15(3)12(19)14-10(8-16)11(17)18/h9-10,16H,4-8H2,1-3H3,(H,14,19)(H,17,18)/t10-/m1/s1. The Hall–Kier alpha value is -1.30. The van der Waals surface area contributed by atoms with Gasteiger partial charge in [0.1, 0.15) is 0 Å². The first-order chi connectivity index (χ1) is 8.76. The first-order valence-corrected chi connectivity index (χ1v) is 6.64.